The summed E-state index contributed by atoms with van der Waals surface area (Å²) in [6.45, 7) is 0. The van der Waals surface area contributed by atoms with Gasteiger partial charge in [-0.1, -0.05) is 11.6 Å². The lowest BCUT2D eigenvalue weighted by Gasteiger charge is -2.02. The quantitative estimate of drug-likeness (QED) is 0.752. The molecular weight excluding hydrogens is 245 g/mol. The van der Waals surface area contributed by atoms with E-state index in [1.165, 1.54) is 12.1 Å². The van der Waals surface area contributed by atoms with E-state index in [1.807, 2.05) is 0 Å². The van der Waals surface area contributed by atoms with E-state index in [0.717, 1.165) is 0 Å². The van der Waals surface area contributed by atoms with Gasteiger partial charge in [-0.05, 0) is 28.1 Å². The van der Waals surface area contributed by atoms with Crippen LogP contribution in [0.2, 0.25) is 5.02 Å². The highest BCUT2D eigenvalue weighted by molar-refractivity contribution is 9.10. The number of nitrogens with two attached hydrogens (primary N) is 1. The van der Waals surface area contributed by atoms with Crippen molar-refractivity contribution in [3.8, 4) is 0 Å². The van der Waals surface area contributed by atoms with E-state index in [1.54, 1.807) is 0 Å². The third kappa shape index (κ3) is 1.70. The van der Waals surface area contributed by atoms with Crippen molar-refractivity contribution in [2.24, 2.45) is 0 Å². The van der Waals surface area contributed by atoms with Gasteiger partial charge in [0.25, 0.3) is 0 Å². The maximum atomic E-state index is 10.5. The topological polar surface area (TPSA) is 63.3 Å². The van der Waals surface area contributed by atoms with Crippen molar-refractivity contribution < 1.29 is 9.90 Å². The number of halogens is 2. The first-order valence-corrected chi connectivity index (χ1v) is 4.17. The maximum absolute atomic E-state index is 10.5. The average molecular weight is 250 g/mol. The number of anilines is 1. The lowest BCUT2D eigenvalue weighted by molar-refractivity contribution is 0.0697. The summed E-state index contributed by atoms with van der Waals surface area (Å²) < 4.78 is 0.493. The summed E-state index contributed by atoms with van der Waals surface area (Å²) in [4.78, 5) is 10.5. The van der Waals surface area contributed by atoms with E-state index in [0.29, 0.717) is 10.2 Å². The van der Waals surface area contributed by atoms with Crippen molar-refractivity contribution in [2.45, 2.75) is 0 Å². The van der Waals surface area contributed by atoms with Gasteiger partial charge in [-0.3, -0.25) is 0 Å². The van der Waals surface area contributed by atoms with Gasteiger partial charge in [-0.25, -0.2) is 4.79 Å². The van der Waals surface area contributed by atoms with Crippen molar-refractivity contribution in [2.75, 3.05) is 5.73 Å². The Morgan fingerprint density at radius 3 is 2.58 bits per heavy atom. The molecule has 0 atom stereocenters. The molecule has 3 N–H and O–H groups in total. The second-order valence-electron chi connectivity index (χ2n) is 2.16. The first-order chi connectivity index (χ1) is 5.52. The summed E-state index contributed by atoms with van der Waals surface area (Å²) in [6.07, 6.45) is 0. The van der Waals surface area contributed by atoms with E-state index in [-0.39, 0.29) is 10.6 Å². The van der Waals surface area contributed by atoms with Crippen LogP contribution in [0.3, 0.4) is 0 Å². The van der Waals surface area contributed by atoms with Crippen molar-refractivity contribution in [3.63, 3.8) is 0 Å². The van der Waals surface area contributed by atoms with Gasteiger partial charge >= 0.3 is 5.97 Å². The molecule has 0 aromatic heterocycles. The molecule has 0 amide bonds. The average Bonchev–Trinajstić information content (AvgIpc) is 1.99. The SMILES string of the molecule is Nc1c(Cl)cc(C(=O)O)cc1Br. The number of aromatic carboxylic acids is 1. The van der Waals surface area contributed by atoms with Crippen LogP contribution in [0.4, 0.5) is 5.69 Å². The molecule has 0 aliphatic heterocycles. The van der Waals surface area contributed by atoms with E-state index in [4.69, 9.17) is 22.4 Å². The Bertz CT molecular complexity index is 317. The van der Waals surface area contributed by atoms with Crippen molar-refractivity contribution in [1.82, 2.24) is 0 Å². The Morgan fingerprint density at radius 2 is 2.17 bits per heavy atom. The zero-order chi connectivity index (χ0) is 9.30. The standard InChI is InChI=1S/C7H5BrClNO2/c8-4-1-3(7(11)12)2-5(9)6(4)10/h1-2H,10H2,(H,11,12). The zero-order valence-electron chi connectivity index (χ0n) is 5.84. The monoisotopic (exact) mass is 249 g/mol. The second kappa shape index (κ2) is 3.33. The number of carbonyl (C=O) groups is 1. The fourth-order valence-corrected chi connectivity index (χ4v) is 1.50. The van der Waals surface area contributed by atoms with Crippen LogP contribution in [0.15, 0.2) is 16.6 Å². The third-order valence-corrected chi connectivity index (χ3v) is 2.29. The minimum atomic E-state index is -1.03. The van der Waals surface area contributed by atoms with Gasteiger partial charge in [-0.2, -0.15) is 0 Å². The Morgan fingerprint density at radius 1 is 1.58 bits per heavy atom. The van der Waals surface area contributed by atoms with Crippen LogP contribution in [0.25, 0.3) is 0 Å². The molecule has 5 heteroatoms. The largest absolute Gasteiger partial charge is 0.478 e. The molecule has 0 bridgehead atoms. The molecule has 64 valence electrons. The van der Waals surface area contributed by atoms with Gasteiger partial charge in [0.1, 0.15) is 0 Å². The first-order valence-electron chi connectivity index (χ1n) is 3.00. The lowest BCUT2D eigenvalue weighted by atomic mass is 10.2. The highest BCUT2D eigenvalue weighted by Crippen LogP contribution is 2.28. The Hall–Kier alpha value is -0.740. The molecule has 0 saturated heterocycles. The van der Waals surface area contributed by atoms with Crippen LogP contribution in [0.1, 0.15) is 10.4 Å². The smallest absolute Gasteiger partial charge is 0.335 e. The normalized spacial score (nSPS) is 9.83. The molecule has 3 nitrogen and oxygen atoms in total. The van der Waals surface area contributed by atoms with Gasteiger partial charge in [-0.15, -0.1) is 0 Å². The first kappa shape index (κ1) is 9.35. The summed E-state index contributed by atoms with van der Waals surface area (Å²) in [5.74, 6) is -1.03. The van der Waals surface area contributed by atoms with Gasteiger partial charge < -0.3 is 10.8 Å². The summed E-state index contributed by atoms with van der Waals surface area (Å²) in [7, 11) is 0. The second-order valence-corrected chi connectivity index (χ2v) is 3.42. The molecule has 1 aromatic carbocycles. The van der Waals surface area contributed by atoms with E-state index in [2.05, 4.69) is 15.9 Å². The predicted octanol–water partition coefficient (Wildman–Crippen LogP) is 2.38. The van der Waals surface area contributed by atoms with E-state index >= 15 is 0 Å². The molecule has 0 unspecified atom stereocenters. The number of benzene rings is 1. The third-order valence-electron chi connectivity index (χ3n) is 1.33. The molecule has 0 saturated carbocycles. The fourth-order valence-electron chi connectivity index (χ4n) is 0.708. The lowest BCUT2D eigenvalue weighted by Crippen LogP contribution is -1.98. The Balaban J connectivity index is 3.31. The summed E-state index contributed by atoms with van der Waals surface area (Å²) in [5, 5.41) is 8.84. The molecule has 0 aliphatic carbocycles. The summed E-state index contributed by atoms with van der Waals surface area (Å²) in [6, 6.07) is 2.72. The van der Waals surface area contributed by atoms with E-state index < -0.39 is 5.97 Å². The number of hydrogen-bond acceptors (Lipinski definition) is 2. The van der Waals surface area contributed by atoms with Crippen LogP contribution in [-0.4, -0.2) is 11.1 Å². The highest BCUT2D eigenvalue weighted by atomic mass is 79.9. The van der Waals surface area contributed by atoms with Crippen molar-refractivity contribution >= 4 is 39.2 Å². The van der Waals surface area contributed by atoms with Gasteiger partial charge in [0.2, 0.25) is 0 Å². The number of carboxylic acids is 1. The van der Waals surface area contributed by atoms with Crippen molar-refractivity contribution in [1.29, 1.82) is 0 Å². The molecular formula is C7H5BrClNO2. The zero-order valence-corrected chi connectivity index (χ0v) is 8.19. The molecule has 0 heterocycles. The summed E-state index contributed by atoms with van der Waals surface area (Å²) in [5.41, 5.74) is 5.94. The Labute approximate surface area is 82.3 Å². The number of hydrogen-bond donors (Lipinski definition) is 2. The molecule has 0 fully saturated rings. The van der Waals surface area contributed by atoms with E-state index in [9.17, 15) is 4.79 Å². The van der Waals surface area contributed by atoms with Crippen LogP contribution in [-0.2, 0) is 0 Å². The van der Waals surface area contributed by atoms with Crippen LogP contribution >= 0.6 is 27.5 Å². The number of nitrogen functional groups attached to an aromatic ring is 1. The number of rotatable bonds is 1. The Kier molecular flexibility index (Phi) is 2.59. The van der Waals surface area contributed by atoms with Crippen LogP contribution < -0.4 is 5.73 Å². The van der Waals surface area contributed by atoms with Crippen LogP contribution in [0.5, 0.6) is 0 Å². The minimum absolute atomic E-state index is 0.112. The number of carboxylic acid groups (broad SMARTS) is 1. The molecule has 1 rings (SSSR count). The fraction of sp³-hybridized carbons (Fsp3) is 0. The molecule has 0 radical (unpaired) electrons. The predicted molar refractivity (Wildman–Crippen MR) is 50.5 cm³/mol. The highest BCUT2D eigenvalue weighted by Gasteiger charge is 2.08. The summed E-state index contributed by atoms with van der Waals surface area (Å²) >= 11 is 8.74. The van der Waals surface area contributed by atoms with Gasteiger partial charge in [0.15, 0.2) is 0 Å². The van der Waals surface area contributed by atoms with Crippen molar-refractivity contribution in [3.05, 3.63) is 27.2 Å². The molecule has 0 aliphatic rings. The maximum Gasteiger partial charge on any atom is 0.335 e. The molecule has 12 heavy (non-hydrogen) atoms. The van der Waals surface area contributed by atoms with Crippen LogP contribution in [0, 0.1) is 0 Å². The molecule has 0 spiro atoms. The van der Waals surface area contributed by atoms with Gasteiger partial charge in [0, 0.05) is 4.47 Å². The van der Waals surface area contributed by atoms with Gasteiger partial charge in [0.05, 0.1) is 16.3 Å². The minimum Gasteiger partial charge on any atom is -0.478 e. The molecule has 1 aromatic rings.